The summed E-state index contributed by atoms with van der Waals surface area (Å²) >= 11 is 0. The number of hydrogen-bond donors (Lipinski definition) is 0. The van der Waals surface area contributed by atoms with Gasteiger partial charge in [0.2, 0.25) is 5.91 Å². The highest BCUT2D eigenvalue weighted by molar-refractivity contribution is 5.78. The van der Waals surface area contributed by atoms with E-state index in [1.165, 1.54) is 12.8 Å². The van der Waals surface area contributed by atoms with Crippen molar-refractivity contribution in [1.82, 2.24) is 9.80 Å². The van der Waals surface area contributed by atoms with Gasteiger partial charge in [0.05, 0.1) is 12.6 Å². The Bertz CT molecular complexity index is 251. The molecule has 0 spiro atoms. The van der Waals surface area contributed by atoms with Gasteiger partial charge in [0.15, 0.2) is 0 Å². The maximum Gasteiger partial charge on any atom is 0.237 e. The second-order valence-corrected chi connectivity index (χ2v) is 4.36. The van der Waals surface area contributed by atoms with E-state index in [2.05, 4.69) is 6.07 Å². The van der Waals surface area contributed by atoms with Crippen LogP contribution in [0.25, 0.3) is 0 Å². The van der Waals surface area contributed by atoms with Crippen LogP contribution in [0.3, 0.4) is 0 Å². The van der Waals surface area contributed by atoms with Crippen molar-refractivity contribution < 1.29 is 4.79 Å². The second-order valence-electron chi connectivity index (χ2n) is 4.36. The smallest absolute Gasteiger partial charge is 0.237 e. The normalized spacial score (nSPS) is 16.7. The number of hydrogen-bond acceptors (Lipinski definition) is 3. The summed E-state index contributed by atoms with van der Waals surface area (Å²) in [4.78, 5) is 15.5. The summed E-state index contributed by atoms with van der Waals surface area (Å²) < 4.78 is 0. The van der Waals surface area contributed by atoms with Crippen LogP contribution in [-0.2, 0) is 4.79 Å². The fraction of sp³-hybridized carbons (Fsp3) is 0.818. The van der Waals surface area contributed by atoms with Crippen LogP contribution >= 0.6 is 0 Å². The molecule has 0 aliphatic heterocycles. The minimum absolute atomic E-state index is 0.0773. The van der Waals surface area contributed by atoms with Gasteiger partial charge in [-0.1, -0.05) is 12.8 Å². The fourth-order valence-corrected chi connectivity index (χ4v) is 2.07. The number of rotatable bonds is 4. The van der Waals surface area contributed by atoms with Gasteiger partial charge in [0.1, 0.15) is 6.54 Å². The third-order valence-corrected chi connectivity index (χ3v) is 2.78. The van der Waals surface area contributed by atoms with Gasteiger partial charge in [0, 0.05) is 6.04 Å². The molecule has 0 saturated heterocycles. The number of likely N-dealkylation sites (N-methyl/N-ethyl adjacent to an activating group) is 1. The largest absolute Gasteiger partial charge is 0.325 e. The molecule has 1 saturated carbocycles. The van der Waals surface area contributed by atoms with Gasteiger partial charge >= 0.3 is 0 Å². The third-order valence-electron chi connectivity index (χ3n) is 2.78. The van der Waals surface area contributed by atoms with Gasteiger partial charge in [-0.25, -0.2) is 0 Å². The number of nitriles is 1. The molecule has 1 fully saturated rings. The van der Waals surface area contributed by atoms with Crippen LogP contribution in [0, 0.1) is 11.3 Å². The molecule has 0 N–H and O–H groups in total. The van der Waals surface area contributed by atoms with Crippen molar-refractivity contribution in [2.45, 2.75) is 31.7 Å². The van der Waals surface area contributed by atoms with Crippen molar-refractivity contribution >= 4 is 5.91 Å². The molecule has 15 heavy (non-hydrogen) atoms. The van der Waals surface area contributed by atoms with Crippen molar-refractivity contribution in [3.8, 4) is 6.07 Å². The lowest BCUT2D eigenvalue weighted by atomic mass is 10.2. The van der Waals surface area contributed by atoms with Crippen LogP contribution in [0.15, 0.2) is 0 Å². The Morgan fingerprint density at radius 2 is 2.00 bits per heavy atom. The zero-order valence-corrected chi connectivity index (χ0v) is 9.57. The summed E-state index contributed by atoms with van der Waals surface area (Å²) in [5.74, 6) is 0.0773. The summed E-state index contributed by atoms with van der Waals surface area (Å²) in [7, 11) is 3.74. The van der Waals surface area contributed by atoms with Crippen LogP contribution in [0.5, 0.6) is 0 Å². The van der Waals surface area contributed by atoms with E-state index < -0.39 is 0 Å². The molecule has 0 heterocycles. The molecule has 4 nitrogen and oxygen atoms in total. The highest BCUT2D eigenvalue weighted by Gasteiger charge is 2.26. The molecular formula is C11H19N3O. The maximum atomic E-state index is 11.9. The number of amides is 1. The van der Waals surface area contributed by atoms with E-state index >= 15 is 0 Å². The standard InChI is InChI=1S/C11H19N3O/c1-13(2)9-11(15)14(8-7-12)10-5-3-4-6-10/h10H,3-6,8-9H2,1-2H3. The molecule has 0 atom stereocenters. The van der Waals surface area contributed by atoms with Crippen LogP contribution in [0.2, 0.25) is 0 Å². The molecule has 1 aliphatic carbocycles. The SMILES string of the molecule is CN(C)CC(=O)N(CC#N)C1CCCC1. The highest BCUT2D eigenvalue weighted by Crippen LogP contribution is 2.23. The highest BCUT2D eigenvalue weighted by atomic mass is 16.2. The van der Waals surface area contributed by atoms with Gasteiger partial charge in [-0.15, -0.1) is 0 Å². The van der Waals surface area contributed by atoms with Crippen molar-refractivity contribution in [2.75, 3.05) is 27.2 Å². The monoisotopic (exact) mass is 209 g/mol. The third kappa shape index (κ3) is 3.52. The zero-order chi connectivity index (χ0) is 11.3. The molecule has 1 aliphatic rings. The topological polar surface area (TPSA) is 47.3 Å². The van der Waals surface area contributed by atoms with Crippen LogP contribution in [0.4, 0.5) is 0 Å². The zero-order valence-electron chi connectivity index (χ0n) is 9.57. The van der Waals surface area contributed by atoms with E-state index in [0.717, 1.165) is 12.8 Å². The number of carbonyl (C=O) groups excluding carboxylic acids is 1. The number of carbonyl (C=O) groups is 1. The molecule has 0 aromatic carbocycles. The Hall–Kier alpha value is -1.08. The molecular weight excluding hydrogens is 190 g/mol. The van der Waals surface area contributed by atoms with E-state index in [4.69, 9.17) is 5.26 Å². The van der Waals surface area contributed by atoms with Gasteiger partial charge in [-0.2, -0.15) is 5.26 Å². The molecule has 0 bridgehead atoms. The Labute approximate surface area is 91.5 Å². The lowest BCUT2D eigenvalue weighted by Crippen LogP contribution is -2.43. The molecule has 0 aromatic heterocycles. The van der Waals surface area contributed by atoms with Crippen molar-refractivity contribution in [3.63, 3.8) is 0 Å². The summed E-state index contributed by atoms with van der Waals surface area (Å²) in [5.41, 5.74) is 0. The predicted octanol–water partition coefficient (Wildman–Crippen LogP) is 0.843. The van der Waals surface area contributed by atoms with E-state index in [0.29, 0.717) is 12.6 Å². The summed E-state index contributed by atoms with van der Waals surface area (Å²) in [6, 6.07) is 2.39. The average Bonchev–Trinajstić information content (AvgIpc) is 2.65. The van der Waals surface area contributed by atoms with Crippen molar-refractivity contribution in [1.29, 1.82) is 5.26 Å². The average molecular weight is 209 g/mol. The maximum absolute atomic E-state index is 11.9. The molecule has 84 valence electrons. The van der Waals surface area contributed by atoms with E-state index in [-0.39, 0.29) is 12.5 Å². The fourth-order valence-electron chi connectivity index (χ4n) is 2.07. The van der Waals surface area contributed by atoms with Crippen LogP contribution in [0.1, 0.15) is 25.7 Å². The molecule has 0 radical (unpaired) electrons. The molecule has 0 aromatic rings. The van der Waals surface area contributed by atoms with Crippen molar-refractivity contribution in [2.24, 2.45) is 0 Å². The first-order chi connectivity index (χ1) is 7.15. The van der Waals surface area contributed by atoms with Gasteiger partial charge in [-0.05, 0) is 26.9 Å². The lowest BCUT2D eigenvalue weighted by Gasteiger charge is -2.27. The quantitative estimate of drug-likeness (QED) is 0.645. The van der Waals surface area contributed by atoms with Crippen molar-refractivity contribution in [3.05, 3.63) is 0 Å². The molecule has 4 heteroatoms. The molecule has 1 rings (SSSR count). The Morgan fingerprint density at radius 3 is 2.47 bits per heavy atom. The van der Waals surface area contributed by atoms with E-state index in [1.807, 2.05) is 19.0 Å². The summed E-state index contributed by atoms with van der Waals surface area (Å²) in [6.07, 6.45) is 4.48. The Morgan fingerprint density at radius 1 is 1.40 bits per heavy atom. The van der Waals surface area contributed by atoms with Gasteiger partial charge in [-0.3, -0.25) is 4.79 Å². The summed E-state index contributed by atoms with van der Waals surface area (Å²) in [5, 5.41) is 8.72. The minimum Gasteiger partial charge on any atom is -0.325 e. The van der Waals surface area contributed by atoms with E-state index in [9.17, 15) is 4.79 Å². The van der Waals surface area contributed by atoms with Gasteiger partial charge in [0.25, 0.3) is 0 Å². The van der Waals surface area contributed by atoms with E-state index in [1.54, 1.807) is 4.90 Å². The lowest BCUT2D eigenvalue weighted by molar-refractivity contribution is -0.133. The molecule has 0 unspecified atom stereocenters. The first kappa shape index (κ1) is 12.0. The second kappa shape index (κ2) is 5.72. The first-order valence-electron chi connectivity index (χ1n) is 5.46. The minimum atomic E-state index is 0.0773. The Balaban J connectivity index is 2.56. The first-order valence-corrected chi connectivity index (χ1v) is 5.46. The molecule has 1 amide bonds. The number of nitrogens with zero attached hydrogens (tertiary/aromatic N) is 3. The van der Waals surface area contributed by atoms with Crippen LogP contribution < -0.4 is 0 Å². The Kier molecular flexibility index (Phi) is 4.57. The van der Waals surface area contributed by atoms with Crippen LogP contribution in [-0.4, -0.2) is 48.9 Å². The predicted molar refractivity (Wildman–Crippen MR) is 58.1 cm³/mol. The summed E-state index contributed by atoms with van der Waals surface area (Å²) in [6.45, 7) is 0.634. The van der Waals surface area contributed by atoms with Gasteiger partial charge < -0.3 is 9.80 Å².